The van der Waals surface area contributed by atoms with Crippen molar-refractivity contribution in [1.29, 1.82) is 0 Å². The second-order valence-corrected chi connectivity index (χ2v) is 6.37. The van der Waals surface area contributed by atoms with Crippen LogP contribution >= 0.6 is 39.1 Å². The van der Waals surface area contributed by atoms with Crippen molar-refractivity contribution in [3.8, 4) is 0 Å². The molecule has 1 unspecified atom stereocenters. The third-order valence-electron chi connectivity index (χ3n) is 3.14. The Kier molecular flexibility index (Phi) is 5.91. The van der Waals surface area contributed by atoms with Crippen LogP contribution in [-0.2, 0) is 6.42 Å². The summed E-state index contributed by atoms with van der Waals surface area (Å²) >= 11 is 15.7. The first-order chi connectivity index (χ1) is 9.60. The van der Waals surface area contributed by atoms with Crippen molar-refractivity contribution in [2.45, 2.75) is 19.4 Å². The van der Waals surface area contributed by atoms with E-state index in [9.17, 15) is 0 Å². The smallest absolute Gasteiger partial charge is 0.0465 e. The Morgan fingerprint density at radius 2 is 1.80 bits per heavy atom. The van der Waals surface area contributed by atoms with E-state index in [-0.39, 0.29) is 6.04 Å². The Balaban J connectivity index is 2.24. The van der Waals surface area contributed by atoms with Crippen LogP contribution in [0.5, 0.6) is 0 Å². The lowest BCUT2D eigenvalue weighted by atomic mass is 9.99. The van der Waals surface area contributed by atoms with E-state index < -0.39 is 0 Å². The van der Waals surface area contributed by atoms with E-state index in [0.717, 1.165) is 33.0 Å². The van der Waals surface area contributed by atoms with Gasteiger partial charge in [-0.1, -0.05) is 64.3 Å². The minimum Gasteiger partial charge on any atom is -0.310 e. The average Bonchev–Trinajstić information content (AvgIpc) is 2.41. The fourth-order valence-electron chi connectivity index (χ4n) is 2.18. The highest BCUT2D eigenvalue weighted by Crippen LogP contribution is 2.28. The molecule has 1 nitrogen and oxygen atoms in total. The third kappa shape index (κ3) is 4.23. The van der Waals surface area contributed by atoms with Gasteiger partial charge in [-0.15, -0.1) is 0 Å². The van der Waals surface area contributed by atoms with Crippen LogP contribution in [0.4, 0.5) is 0 Å². The van der Waals surface area contributed by atoms with Crippen molar-refractivity contribution in [2.24, 2.45) is 0 Å². The van der Waals surface area contributed by atoms with Gasteiger partial charge in [0.25, 0.3) is 0 Å². The summed E-state index contributed by atoms with van der Waals surface area (Å²) in [6, 6.07) is 14.2. The molecule has 106 valence electrons. The summed E-state index contributed by atoms with van der Waals surface area (Å²) in [5, 5.41) is 5.03. The Labute approximate surface area is 138 Å². The van der Waals surface area contributed by atoms with Gasteiger partial charge < -0.3 is 5.32 Å². The van der Waals surface area contributed by atoms with Gasteiger partial charge in [-0.25, -0.2) is 0 Å². The molecule has 0 amide bonds. The molecule has 1 N–H and O–H groups in total. The summed E-state index contributed by atoms with van der Waals surface area (Å²) in [5.41, 5.74) is 2.35. The zero-order valence-corrected chi connectivity index (χ0v) is 14.3. The van der Waals surface area contributed by atoms with Gasteiger partial charge in [0, 0.05) is 20.6 Å². The molecule has 0 saturated heterocycles. The summed E-state index contributed by atoms with van der Waals surface area (Å²) in [7, 11) is 0. The third-order valence-corrected chi connectivity index (χ3v) is 4.21. The monoisotopic (exact) mass is 371 g/mol. The van der Waals surface area contributed by atoms with E-state index in [0.29, 0.717) is 0 Å². The van der Waals surface area contributed by atoms with Crippen LogP contribution in [0, 0.1) is 0 Å². The predicted molar refractivity (Wildman–Crippen MR) is 90.7 cm³/mol. The predicted octanol–water partition coefficient (Wildman–Crippen LogP) is 5.65. The lowest BCUT2D eigenvalue weighted by Gasteiger charge is -2.20. The Bertz CT molecular complexity index is 569. The van der Waals surface area contributed by atoms with E-state index in [1.165, 1.54) is 5.56 Å². The van der Waals surface area contributed by atoms with E-state index in [4.69, 9.17) is 23.2 Å². The van der Waals surface area contributed by atoms with Crippen molar-refractivity contribution < 1.29 is 0 Å². The second-order valence-electron chi connectivity index (χ2n) is 4.61. The largest absolute Gasteiger partial charge is 0.310 e. The molecule has 0 spiro atoms. The highest BCUT2D eigenvalue weighted by Gasteiger charge is 2.14. The molecule has 0 radical (unpaired) electrons. The normalized spacial score (nSPS) is 12.4. The lowest BCUT2D eigenvalue weighted by Crippen LogP contribution is -2.23. The molecule has 0 aromatic heterocycles. The number of hydrogen-bond acceptors (Lipinski definition) is 1. The van der Waals surface area contributed by atoms with Gasteiger partial charge in [0.1, 0.15) is 0 Å². The summed E-state index contributed by atoms with van der Waals surface area (Å²) in [6.07, 6.45) is 0.881. The minimum absolute atomic E-state index is 0.196. The fourth-order valence-corrected chi connectivity index (χ4v) is 3.11. The summed E-state index contributed by atoms with van der Waals surface area (Å²) < 4.78 is 0.994. The van der Waals surface area contributed by atoms with Gasteiger partial charge in [-0.3, -0.25) is 0 Å². The summed E-state index contributed by atoms with van der Waals surface area (Å²) in [5.74, 6) is 0. The first-order valence-corrected chi connectivity index (χ1v) is 8.08. The van der Waals surface area contributed by atoms with Crippen LogP contribution in [0.3, 0.4) is 0 Å². The van der Waals surface area contributed by atoms with E-state index in [2.05, 4.69) is 46.4 Å². The molecule has 0 aliphatic carbocycles. The van der Waals surface area contributed by atoms with E-state index in [1.54, 1.807) is 0 Å². The van der Waals surface area contributed by atoms with Crippen molar-refractivity contribution in [3.63, 3.8) is 0 Å². The van der Waals surface area contributed by atoms with Crippen LogP contribution < -0.4 is 5.32 Å². The Morgan fingerprint density at radius 1 is 1.10 bits per heavy atom. The number of nitrogens with one attached hydrogen (secondary N) is 1. The lowest BCUT2D eigenvalue weighted by molar-refractivity contribution is 0.550. The molecule has 0 bridgehead atoms. The SMILES string of the molecule is CCNC(Cc1ccc(Cl)cc1)c1ccc(Br)cc1Cl. The quantitative estimate of drug-likeness (QED) is 0.714. The average molecular weight is 373 g/mol. The molecule has 0 heterocycles. The molecule has 4 heteroatoms. The number of hydrogen-bond donors (Lipinski definition) is 1. The highest BCUT2D eigenvalue weighted by molar-refractivity contribution is 9.10. The minimum atomic E-state index is 0.196. The van der Waals surface area contributed by atoms with Gasteiger partial charge in [0.05, 0.1) is 0 Å². The number of likely N-dealkylation sites (N-methyl/N-ethyl adjacent to an activating group) is 1. The molecule has 0 fully saturated rings. The van der Waals surface area contributed by atoms with Crippen molar-refractivity contribution >= 4 is 39.1 Å². The number of rotatable bonds is 5. The Morgan fingerprint density at radius 3 is 2.40 bits per heavy atom. The van der Waals surface area contributed by atoms with Gasteiger partial charge in [0.15, 0.2) is 0 Å². The highest BCUT2D eigenvalue weighted by atomic mass is 79.9. The fraction of sp³-hybridized carbons (Fsp3) is 0.250. The van der Waals surface area contributed by atoms with Crippen LogP contribution in [0.15, 0.2) is 46.9 Å². The zero-order valence-electron chi connectivity index (χ0n) is 11.2. The maximum Gasteiger partial charge on any atom is 0.0465 e. The van der Waals surface area contributed by atoms with Crippen LogP contribution in [-0.4, -0.2) is 6.54 Å². The molecular weight excluding hydrogens is 357 g/mol. The van der Waals surface area contributed by atoms with Gasteiger partial charge in [-0.2, -0.15) is 0 Å². The molecule has 2 rings (SSSR count). The van der Waals surface area contributed by atoms with Gasteiger partial charge in [-0.05, 0) is 48.4 Å². The molecule has 0 aliphatic rings. The van der Waals surface area contributed by atoms with Crippen molar-refractivity contribution in [2.75, 3.05) is 6.54 Å². The van der Waals surface area contributed by atoms with Gasteiger partial charge in [0.2, 0.25) is 0 Å². The van der Waals surface area contributed by atoms with Crippen molar-refractivity contribution in [3.05, 3.63) is 68.1 Å². The van der Waals surface area contributed by atoms with Crippen molar-refractivity contribution in [1.82, 2.24) is 5.32 Å². The summed E-state index contributed by atoms with van der Waals surface area (Å²) in [4.78, 5) is 0. The Hall–Kier alpha value is -0.540. The van der Waals surface area contributed by atoms with E-state index >= 15 is 0 Å². The maximum absolute atomic E-state index is 6.36. The maximum atomic E-state index is 6.36. The van der Waals surface area contributed by atoms with Crippen LogP contribution in [0.1, 0.15) is 24.1 Å². The molecule has 1 atom stereocenters. The number of halogens is 3. The topological polar surface area (TPSA) is 12.0 Å². The first-order valence-electron chi connectivity index (χ1n) is 6.53. The van der Waals surface area contributed by atoms with Crippen LogP contribution in [0.2, 0.25) is 10.0 Å². The molecule has 20 heavy (non-hydrogen) atoms. The van der Waals surface area contributed by atoms with Gasteiger partial charge >= 0.3 is 0 Å². The number of benzene rings is 2. The molecule has 0 saturated carbocycles. The first kappa shape index (κ1) is 15.8. The standard InChI is InChI=1S/C16H16BrCl2N/c1-2-20-16(9-11-3-6-13(18)7-4-11)14-8-5-12(17)10-15(14)19/h3-8,10,16,20H,2,9H2,1H3. The molecular formula is C16H16BrCl2N. The van der Waals surface area contributed by atoms with E-state index in [1.807, 2.05) is 24.3 Å². The molecule has 0 aliphatic heterocycles. The molecule has 2 aromatic carbocycles. The van der Waals surface area contributed by atoms with Crippen LogP contribution in [0.25, 0.3) is 0 Å². The zero-order chi connectivity index (χ0) is 14.5. The second kappa shape index (κ2) is 7.46. The summed E-state index contributed by atoms with van der Waals surface area (Å²) in [6.45, 7) is 2.99. The molecule has 2 aromatic rings.